The van der Waals surface area contributed by atoms with Gasteiger partial charge in [0.2, 0.25) is 0 Å². The first-order valence-corrected chi connectivity index (χ1v) is 5.45. The van der Waals surface area contributed by atoms with E-state index in [9.17, 15) is 4.79 Å². The summed E-state index contributed by atoms with van der Waals surface area (Å²) in [5.74, 6) is -0.781. The molecule has 0 radical (unpaired) electrons. The van der Waals surface area contributed by atoms with E-state index in [-0.39, 0.29) is 0 Å². The van der Waals surface area contributed by atoms with Gasteiger partial charge in [-0.2, -0.15) is 0 Å². The Balaban J connectivity index is 3.26. The molecule has 1 atom stereocenters. The second-order valence-electron chi connectivity index (χ2n) is 3.64. The molecular formula is C12H15ClO3. The van der Waals surface area contributed by atoms with E-state index in [0.29, 0.717) is 22.8 Å². The highest BCUT2D eigenvalue weighted by atomic mass is 35.5. The summed E-state index contributed by atoms with van der Waals surface area (Å²) in [5.41, 5.74) is 1.51. The molecule has 16 heavy (non-hydrogen) atoms. The summed E-state index contributed by atoms with van der Waals surface area (Å²) in [6, 6.07) is 3.45. The van der Waals surface area contributed by atoms with Crippen LogP contribution in [-0.4, -0.2) is 18.2 Å². The summed E-state index contributed by atoms with van der Waals surface area (Å²) >= 11 is 6.06. The molecule has 0 aromatic heterocycles. The van der Waals surface area contributed by atoms with E-state index >= 15 is 0 Å². The molecule has 1 rings (SSSR count). The van der Waals surface area contributed by atoms with Crippen molar-refractivity contribution in [2.24, 2.45) is 0 Å². The zero-order valence-corrected chi connectivity index (χ0v) is 10.3. The first-order valence-electron chi connectivity index (χ1n) is 5.08. The number of hydrogen-bond acceptors (Lipinski definition) is 2. The Morgan fingerprint density at radius 2 is 2.19 bits per heavy atom. The van der Waals surface area contributed by atoms with E-state index in [0.717, 1.165) is 5.56 Å². The number of benzene rings is 1. The topological polar surface area (TPSA) is 46.5 Å². The van der Waals surface area contributed by atoms with E-state index in [1.54, 1.807) is 19.2 Å². The Morgan fingerprint density at radius 3 is 2.62 bits per heavy atom. The molecule has 0 saturated heterocycles. The molecule has 1 aromatic carbocycles. The molecule has 0 bridgehead atoms. The van der Waals surface area contributed by atoms with E-state index < -0.39 is 11.9 Å². The van der Waals surface area contributed by atoms with Crippen LogP contribution in [0.1, 0.15) is 30.4 Å². The van der Waals surface area contributed by atoms with Gasteiger partial charge in [-0.1, -0.05) is 18.5 Å². The highest BCUT2D eigenvalue weighted by Crippen LogP contribution is 2.33. The van der Waals surface area contributed by atoms with Crippen molar-refractivity contribution in [1.82, 2.24) is 0 Å². The summed E-state index contributed by atoms with van der Waals surface area (Å²) in [5, 5.41) is 9.56. The fourth-order valence-electron chi connectivity index (χ4n) is 1.68. The van der Waals surface area contributed by atoms with E-state index in [2.05, 4.69) is 0 Å². The summed E-state index contributed by atoms with van der Waals surface area (Å²) < 4.78 is 5.16. The lowest BCUT2D eigenvalue weighted by Gasteiger charge is -2.15. The quantitative estimate of drug-likeness (QED) is 0.882. The summed E-state index contributed by atoms with van der Waals surface area (Å²) in [6.45, 7) is 3.69. The third-order valence-corrected chi connectivity index (χ3v) is 2.92. The van der Waals surface area contributed by atoms with Crippen molar-refractivity contribution in [3.05, 3.63) is 28.3 Å². The predicted molar refractivity (Wildman–Crippen MR) is 63.4 cm³/mol. The maximum atomic E-state index is 11.1. The first-order chi connectivity index (χ1) is 7.51. The molecule has 0 amide bonds. The maximum absolute atomic E-state index is 11.1. The number of aryl methyl sites for hydroxylation is 1. The van der Waals surface area contributed by atoms with Gasteiger partial charge in [-0.05, 0) is 36.6 Å². The van der Waals surface area contributed by atoms with Gasteiger partial charge in [-0.15, -0.1) is 0 Å². The maximum Gasteiger partial charge on any atom is 0.311 e. The largest absolute Gasteiger partial charge is 0.496 e. The fraction of sp³-hybridized carbons (Fsp3) is 0.417. The van der Waals surface area contributed by atoms with Gasteiger partial charge < -0.3 is 9.84 Å². The van der Waals surface area contributed by atoms with Crippen molar-refractivity contribution < 1.29 is 14.6 Å². The molecule has 0 aliphatic rings. The molecule has 1 N–H and O–H groups in total. The van der Waals surface area contributed by atoms with Crippen LogP contribution in [0.2, 0.25) is 5.02 Å². The Labute approximate surface area is 100.0 Å². The smallest absolute Gasteiger partial charge is 0.311 e. The van der Waals surface area contributed by atoms with E-state index in [4.69, 9.17) is 21.4 Å². The molecule has 1 aromatic rings. The Kier molecular flexibility index (Phi) is 4.19. The Morgan fingerprint density at radius 1 is 1.56 bits per heavy atom. The summed E-state index contributed by atoms with van der Waals surface area (Å²) in [4.78, 5) is 11.1. The standard InChI is InChI=1S/C12H15ClO3/c1-4-8(12(14)15)9-6-11(16-3)7(2)5-10(9)13/h5-6,8H,4H2,1-3H3,(H,14,15). The van der Waals surface area contributed by atoms with Gasteiger partial charge in [-0.25, -0.2) is 0 Å². The van der Waals surface area contributed by atoms with E-state index in [1.165, 1.54) is 0 Å². The minimum Gasteiger partial charge on any atom is -0.496 e. The summed E-state index contributed by atoms with van der Waals surface area (Å²) in [6.07, 6.45) is 0.501. The zero-order chi connectivity index (χ0) is 12.3. The molecule has 3 nitrogen and oxygen atoms in total. The second-order valence-corrected chi connectivity index (χ2v) is 4.05. The van der Waals surface area contributed by atoms with Gasteiger partial charge in [0.25, 0.3) is 0 Å². The minimum absolute atomic E-state index is 0.479. The van der Waals surface area contributed by atoms with Crippen LogP contribution in [0.5, 0.6) is 5.75 Å². The van der Waals surface area contributed by atoms with Gasteiger partial charge in [0.05, 0.1) is 13.0 Å². The van der Waals surface area contributed by atoms with Crippen LogP contribution in [0, 0.1) is 6.92 Å². The number of ether oxygens (including phenoxy) is 1. The zero-order valence-electron chi connectivity index (χ0n) is 9.58. The molecule has 0 aliphatic heterocycles. The second kappa shape index (κ2) is 5.21. The van der Waals surface area contributed by atoms with Gasteiger partial charge in [0.15, 0.2) is 0 Å². The minimum atomic E-state index is -0.865. The van der Waals surface area contributed by atoms with Crippen LogP contribution in [0.3, 0.4) is 0 Å². The van der Waals surface area contributed by atoms with Gasteiger partial charge in [0, 0.05) is 5.02 Å². The van der Waals surface area contributed by atoms with Gasteiger partial charge in [0.1, 0.15) is 5.75 Å². The molecule has 4 heteroatoms. The van der Waals surface area contributed by atoms with Crippen LogP contribution in [-0.2, 0) is 4.79 Å². The number of methoxy groups -OCH3 is 1. The van der Waals surface area contributed by atoms with E-state index in [1.807, 2.05) is 13.8 Å². The SMILES string of the molecule is CCC(C(=O)O)c1cc(OC)c(C)cc1Cl. The van der Waals surface area contributed by atoms with Crippen molar-refractivity contribution in [2.75, 3.05) is 7.11 Å². The molecular weight excluding hydrogens is 228 g/mol. The van der Waals surface area contributed by atoms with Gasteiger partial charge in [-0.3, -0.25) is 4.79 Å². The van der Waals surface area contributed by atoms with Crippen molar-refractivity contribution in [2.45, 2.75) is 26.2 Å². The Bertz CT molecular complexity index is 401. The number of carboxylic acid groups (broad SMARTS) is 1. The number of rotatable bonds is 4. The molecule has 0 aliphatic carbocycles. The number of aliphatic carboxylic acids is 1. The number of halogens is 1. The normalized spacial score (nSPS) is 12.2. The van der Waals surface area contributed by atoms with Crippen LogP contribution in [0.15, 0.2) is 12.1 Å². The van der Waals surface area contributed by atoms with Crippen LogP contribution < -0.4 is 4.74 Å². The molecule has 0 spiro atoms. The molecule has 0 saturated carbocycles. The predicted octanol–water partition coefficient (Wildman–Crippen LogP) is 3.24. The molecule has 0 fully saturated rings. The van der Waals surface area contributed by atoms with Crippen LogP contribution in [0.4, 0.5) is 0 Å². The van der Waals surface area contributed by atoms with Crippen LogP contribution >= 0.6 is 11.6 Å². The lowest BCUT2D eigenvalue weighted by atomic mass is 9.95. The first kappa shape index (κ1) is 12.8. The number of carboxylic acids is 1. The average Bonchev–Trinajstić information content (AvgIpc) is 2.21. The number of carbonyl (C=O) groups is 1. The molecule has 0 heterocycles. The Hall–Kier alpha value is -1.22. The third-order valence-electron chi connectivity index (χ3n) is 2.60. The van der Waals surface area contributed by atoms with Gasteiger partial charge >= 0.3 is 5.97 Å². The van der Waals surface area contributed by atoms with Crippen molar-refractivity contribution in [1.29, 1.82) is 0 Å². The lowest BCUT2D eigenvalue weighted by molar-refractivity contribution is -0.138. The third kappa shape index (κ3) is 2.47. The molecule has 88 valence electrons. The average molecular weight is 243 g/mol. The summed E-state index contributed by atoms with van der Waals surface area (Å²) in [7, 11) is 1.56. The highest BCUT2D eigenvalue weighted by Gasteiger charge is 2.21. The van der Waals surface area contributed by atoms with Crippen LogP contribution in [0.25, 0.3) is 0 Å². The molecule has 1 unspecified atom stereocenters. The van der Waals surface area contributed by atoms with Crippen molar-refractivity contribution in [3.63, 3.8) is 0 Å². The lowest BCUT2D eigenvalue weighted by Crippen LogP contribution is -2.11. The van der Waals surface area contributed by atoms with Crippen molar-refractivity contribution in [3.8, 4) is 5.75 Å². The van der Waals surface area contributed by atoms with Crippen molar-refractivity contribution >= 4 is 17.6 Å². The number of hydrogen-bond donors (Lipinski definition) is 1. The fourth-order valence-corrected chi connectivity index (χ4v) is 2.03. The monoisotopic (exact) mass is 242 g/mol. The highest BCUT2D eigenvalue weighted by molar-refractivity contribution is 6.31.